The summed E-state index contributed by atoms with van der Waals surface area (Å²) in [4.78, 5) is 26.1. The zero-order valence-electron chi connectivity index (χ0n) is 13.6. The Bertz CT molecular complexity index is 597. The SMILES string of the molecule is CC(C)c1cc(C(=O)N2CCC3(CC2)CNC(=O)C3)n(C)n1. The molecule has 1 N–H and O–H groups in total. The van der Waals surface area contributed by atoms with E-state index in [1.54, 1.807) is 4.68 Å². The molecule has 2 saturated heterocycles. The lowest BCUT2D eigenvalue weighted by Crippen LogP contribution is -2.44. The van der Waals surface area contributed by atoms with Crippen LogP contribution in [0.3, 0.4) is 0 Å². The van der Waals surface area contributed by atoms with Crippen LogP contribution in [0.2, 0.25) is 0 Å². The summed E-state index contributed by atoms with van der Waals surface area (Å²) in [7, 11) is 1.82. The number of carbonyl (C=O) groups is 2. The molecule has 3 heterocycles. The lowest BCUT2D eigenvalue weighted by Gasteiger charge is -2.38. The Kier molecular flexibility index (Phi) is 3.70. The number of carbonyl (C=O) groups excluding carboxylic acids is 2. The van der Waals surface area contributed by atoms with E-state index in [1.165, 1.54) is 0 Å². The molecule has 0 saturated carbocycles. The van der Waals surface area contributed by atoms with Gasteiger partial charge < -0.3 is 10.2 Å². The Morgan fingerprint density at radius 2 is 2.05 bits per heavy atom. The zero-order valence-corrected chi connectivity index (χ0v) is 13.6. The summed E-state index contributed by atoms with van der Waals surface area (Å²) < 4.78 is 1.68. The summed E-state index contributed by atoms with van der Waals surface area (Å²) in [6.07, 6.45) is 2.40. The Hall–Kier alpha value is -1.85. The predicted octanol–water partition coefficient (Wildman–Crippen LogP) is 1.29. The van der Waals surface area contributed by atoms with Gasteiger partial charge in [-0.3, -0.25) is 14.3 Å². The van der Waals surface area contributed by atoms with Crippen molar-refractivity contribution in [1.82, 2.24) is 20.0 Å². The number of rotatable bonds is 2. The first-order valence-corrected chi connectivity index (χ1v) is 8.00. The van der Waals surface area contributed by atoms with Gasteiger partial charge in [0.2, 0.25) is 5.91 Å². The normalized spacial score (nSPS) is 20.7. The molecule has 0 bridgehead atoms. The van der Waals surface area contributed by atoms with Gasteiger partial charge in [-0.1, -0.05) is 13.8 Å². The summed E-state index contributed by atoms with van der Waals surface area (Å²) in [6, 6.07) is 1.90. The van der Waals surface area contributed by atoms with E-state index < -0.39 is 0 Å². The summed E-state index contributed by atoms with van der Waals surface area (Å²) >= 11 is 0. The summed E-state index contributed by atoms with van der Waals surface area (Å²) in [5, 5.41) is 7.35. The molecule has 0 aliphatic carbocycles. The molecule has 120 valence electrons. The van der Waals surface area contributed by atoms with Crippen molar-refractivity contribution < 1.29 is 9.59 Å². The van der Waals surface area contributed by atoms with Crippen LogP contribution in [0.15, 0.2) is 6.07 Å². The summed E-state index contributed by atoms with van der Waals surface area (Å²) in [6.45, 7) is 6.35. The van der Waals surface area contributed by atoms with Crippen molar-refractivity contribution in [3.8, 4) is 0 Å². The van der Waals surface area contributed by atoms with E-state index in [9.17, 15) is 9.59 Å². The first-order valence-electron chi connectivity index (χ1n) is 8.00. The van der Waals surface area contributed by atoms with Gasteiger partial charge in [0.25, 0.3) is 5.91 Å². The van der Waals surface area contributed by atoms with E-state index in [0.29, 0.717) is 18.0 Å². The minimum absolute atomic E-state index is 0.0500. The number of likely N-dealkylation sites (tertiary alicyclic amines) is 1. The van der Waals surface area contributed by atoms with Crippen molar-refractivity contribution in [3.05, 3.63) is 17.5 Å². The van der Waals surface area contributed by atoms with E-state index in [2.05, 4.69) is 24.3 Å². The number of aromatic nitrogens is 2. The second-order valence-electron chi connectivity index (χ2n) is 6.98. The van der Waals surface area contributed by atoms with Gasteiger partial charge in [0, 0.05) is 33.1 Å². The van der Waals surface area contributed by atoms with Crippen LogP contribution in [0.4, 0.5) is 0 Å². The second-order valence-corrected chi connectivity index (χ2v) is 6.98. The lowest BCUT2D eigenvalue weighted by molar-refractivity contribution is -0.119. The first-order chi connectivity index (χ1) is 10.4. The van der Waals surface area contributed by atoms with Crippen molar-refractivity contribution in [2.24, 2.45) is 12.5 Å². The Balaban J connectivity index is 1.68. The first kappa shape index (κ1) is 15.1. The highest BCUT2D eigenvalue weighted by Crippen LogP contribution is 2.37. The third-order valence-electron chi connectivity index (χ3n) is 5.02. The fraction of sp³-hybridized carbons (Fsp3) is 0.688. The average Bonchev–Trinajstić information content (AvgIpc) is 3.03. The molecule has 0 unspecified atom stereocenters. The van der Waals surface area contributed by atoms with E-state index in [4.69, 9.17) is 0 Å². The average molecular weight is 304 g/mol. The standard InChI is InChI=1S/C16H24N4O2/c1-11(2)12-8-13(19(3)18-12)15(22)20-6-4-16(5-7-20)9-14(21)17-10-16/h8,11H,4-7,9-10H2,1-3H3,(H,17,21). The van der Waals surface area contributed by atoms with Crippen LogP contribution in [-0.2, 0) is 11.8 Å². The molecular weight excluding hydrogens is 280 g/mol. The number of piperidine rings is 1. The largest absolute Gasteiger partial charge is 0.356 e. The molecule has 6 heteroatoms. The molecule has 2 aliphatic rings. The Labute approximate surface area is 130 Å². The highest BCUT2D eigenvalue weighted by molar-refractivity contribution is 5.92. The van der Waals surface area contributed by atoms with E-state index in [1.807, 2.05) is 18.0 Å². The van der Waals surface area contributed by atoms with Gasteiger partial charge in [0.1, 0.15) is 5.69 Å². The van der Waals surface area contributed by atoms with Crippen LogP contribution >= 0.6 is 0 Å². The van der Waals surface area contributed by atoms with Crippen LogP contribution in [0.5, 0.6) is 0 Å². The van der Waals surface area contributed by atoms with Crippen molar-refractivity contribution in [1.29, 1.82) is 0 Å². The third-order valence-corrected chi connectivity index (χ3v) is 5.02. The maximum absolute atomic E-state index is 12.7. The van der Waals surface area contributed by atoms with Gasteiger partial charge in [0.15, 0.2) is 0 Å². The van der Waals surface area contributed by atoms with Crippen LogP contribution in [-0.4, -0.2) is 46.1 Å². The number of nitrogens with zero attached hydrogens (tertiary/aromatic N) is 3. The molecular formula is C16H24N4O2. The number of nitrogens with one attached hydrogen (secondary N) is 1. The van der Waals surface area contributed by atoms with Gasteiger partial charge in [-0.25, -0.2) is 0 Å². The minimum Gasteiger partial charge on any atom is -0.356 e. The monoisotopic (exact) mass is 304 g/mol. The molecule has 2 fully saturated rings. The van der Waals surface area contributed by atoms with Gasteiger partial charge in [-0.05, 0) is 30.2 Å². The van der Waals surface area contributed by atoms with Gasteiger partial charge in [-0.2, -0.15) is 5.10 Å². The maximum atomic E-state index is 12.7. The van der Waals surface area contributed by atoms with Crippen molar-refractivity contribution in [3.63, 3.8) is 0 Å². The van der Waals surface area contributed by atoms with Gasteiger partial charge in [-0.15, -0.1) is 0 Å². The fourth-order valence-corrected chi connectivity index (χ4v) is 3.42. The van der Waals surface area contributed by atoms with Crippen molar-refractivity contribution >= 4 is 11.8 Å². The predicted molar refractivity (Wildman–Crippen MR) is 82.5 cm³/mol. The molecule has 2 aliphatic heterocycles. The fourth-order valence-electron chi connectivity index (χ4n) is 3.42. The number of hydrogen-bond acceptors (Lipinski definition) is 3. The molecule has 22 heavy (non-hydrogen) atoms. The van der Waals surface area contributed by atoms with Crippen LogP contribution in [0, 0.1) is 5.41 Å². The molecule has 1 aromatic heterocycles. The van der Waals surface area contributed by atoms with Crippen LogP contribution in [0.1, 0.15) is 55.2 Å². The molecule has 3 rings (SSSR count). The zero-order chi connectivity index (χ0) is 15.9. The number of aryl methyl sites for hydroxylation is 1. The smallest absolute Gasteiger partial charge is 0.272 e. The molecule has 6 nitrogen and oxygen atoms in total. The molecule has 0 radical (unpaired) electrons. The summed E-state index contributed by atoms with van der Waals surface area (Å²) in [5.74, 6) is 0.509. The molecule has 0 atom stereocenters. The molecule has 1 aromatic rings. The minimum atomic E-state index is 0.0500. The maximum Gasteiger partial charge on any atom is 0.272 e. The van der Waals surface area contributed by atoms with E-state index in [-0.39, 0.29) is 17.2 Å². The highest BCUT2D eigenvalue weighted by atomic mass is 16.2. The number of amides is 2. The molecule has 0 aromatic carbocycles. The molecule has 1 spiro atoms. The van der Waals surface area contributed by atoms with Gasteiger partial charge in [0.05, 0.1) is 5.69 Å². The molecule has 2 amide bonds. The number of hydrogen-bond donors (Lipinski definition) is 1. The van der Waals surface area contributed by atoms with E-state index in [0.717, 1.165) is 38.2 Å². The Morgan fingerprint density at radius 1 is 1.36 bits per heavy atom. The van der Waals surface area contributed by atoms with Crippen LogP contribution < -0.4 is 5.32 Å². The van der Waals surface area contributed by atoms with Gasteiger partial charge >= 0.3 is 0 Å². The Morgan fingerprint density at radius 3 is 2.55 bits per heavy atom. The van der Waals surface area contributed by atoms with Crippen molar-refractivity contribution in [2.45, 2.75) is 39.0 Å². The second kappa shape index (κ2) is 5.41. The highest BCUT2D eigenvalue weighted by Gasteiger charge is 2.42. The lowest BCUT2D eigenvalue weighted by atomic mass is 9.77. The van der Waals surface area contributed by atoms with Crippen molar-refractivity contribution in [2.75, 3.05) is 19.6 Å². The summed E-state index contributed by atoms with van der Waals surface area (Å²) in [5.41, 5.74) is 1.67. The van der Waals surface area contributed by atoms with Crippen LogP contribution in [0.25, 0.3) is 0 Å². The quantitative estimate of drug-likeness (QED) is 0.895. The van der Waals surface area contributed by atoms with E-state index >= 15 is 0 Å². The third kappa shape index (κ3) is 2.62. The topological polar surface area (TPSA) is 67.2 Å².